The smallest absolute Gasteiger partial charge is 0.269 e. The van der Waals surface area contributed by atoms with Crippen LogP contribution in [-0.4, -0.2) is 24.9 Å². The van der Waals surface area contributed by atoms with E-state index in [1.54, 1.807) is 0 Å². The van der Waals surface area contributed by atoms with E-state index in [0.717, 1.165) is 12.8 Å². The number of non-ortho nitro benzene ring substituents is 1. The predicted octanol–water partition coefficient (Wildman–Crippen LogP) is 2.68. The van der Waals surface area contributed by atoms with Gasteiger partial charge in [-0.15, -0.1) is 0 Å². The summed E-state index contributed by atoms with van der Waals surface area (Å²) < 4.78 is 24.9. The first-order chi connectivity index (χ1) is 10.3. The Labute approximate surface area is 128 Å². The maximum atomic E-state index is 12.4. The van der Waals surface area contributed by atoms with E-state index in [2.05, 4.69) is 0 Å². The van der Waals surface area contributed by atoms with E-state index in [9.17, 15) is 23.3 Å². The fourth-order valence-corrected chi connectivity index (χ4v) is 4.30. The minimum atomic E-state index is -3.58. The van der Waals surface area contributed by atoms with Gasteiger partial charge in [0.15, 0.2) is 15.6 Å². The summed E-state index contributed by atoms with van der Waals surface area (Å²) in [5, 5.41) is 10.6. The summed E-state index contributed by atoms with van der Waals surface area (Å²) in [6.45, 7) is 1.45. The fourth-order valence-electron chi connectivity index (χ4n) is 2.68. The number of Topliss-reactive ketones (excluding diaryl/α,β-unsaturated/α-hetero) is 1. The molecule has 0 fully saturated rings. The molecule has 1 atom stereocenters. The lowest BCUT2D eigenvalue weighted by atomic mass is 9.87. The number of rotatable bonds is 5. The van der Waals surface area contributed by atoms with Crippen LogP contribution in [0.2, 0.25) is 0 Å². The van der Waals surface area contributed by atoms with E-state index in [1.807, 2.05) is 6.08 Å². The normalized spacial score (nSPS) is 18.6. The summed E-state index contributed by atoms with van der Waals surface area (Å²) in [5.41, 5.74) is 0.428. The van der Waals surface area contributed by atoms with Crippen LogP contribution in [0.1, 0.15) is 26.2 Å². The summed E-state index contributed by atoms with van der Waals surface area (Å²) in [7, 11) is -3.58. The van der Waals surface area contributed by atoms with Gasteiger partial charge in [-0.2, -0.15) is 0 Å². The van der Waals surface area contributed by atoms with Gasteiger partial charge in [-0.1, -0.05) is 6.08 Å². The predicted molar refractivity (Wildman–Crippen MR) is 81.3 cm³/mol. The summed E-state index contributed by atoms with van der Waals surface area (Å²) in [6, 6.07) is 4.84. The number of benzene rings is 1. The standard InChI is InChI=1S/C15H17NO5S/c1-11(17)15-5-3-2-4-12(15)10-22(20,21)14-8-6-13(7-9-14)16(18)19/h5-9,12H,2-4,10H2,1H3. The van der Waals surface area contributed by atoms with Gasteiger partial charge < -0.3 is 0 Å². The zero-order valence-electron chi connectivity index (χ0n) is 12.2. The number of nitro benzene ring substituents is 1. The van der Waals surface area contributed by atoms with Crippen molar-refractivity contribution in [3.63, 3.8) is 0 Å². The zero-order chi connectivity index (χ0) is 16.3. The first-order valence-corrected chi connectivity index (χ1v) is 8.64. The molecule has 22 heavy (non-hydrogen) atoms. The molecule has 0 N–H and O–H groups in total. The molecule has 0 saturated carbocycles. The largest absolute Gasteiger partial charge is 0.295 e. The quantitative estimate of drug-likeness (QED) is 0.613. The van der Waals surface area contributed by atoms with Gasteiger partial charge in [-0.3, -0.25) is 14.9 Å². The van der Waals surface area contributed by atoms with E-state index >= 15 is 0 Å². The van der Waals surface area contributed by atoms with Crippen LogP contribution in [0.25, 0.3) is 0 Å². The van der Waals surface area contributed by atoms with Crippen molar-refractivity contribution >= 4 is 21.3 Å². The Hall–Kier alpha value is -2.02. The van der Waals surface area contributed by atoms with Gasteiger partial charge in [0.25, 0.3) is 5.69 Å². The van der Waals surface area contributed by atoms with Crippen LogP contribution in [-0.2, 0) is 14.6 Å². The minimum absolute atomic E-state index is 0.0478. The molecule has 0 spiro atoms. The third kappa shape index (κ3) is 3.59. The molecule has 1 aromatic carbocycles. The number of sulfone groups is 1. The zero-order valence-corrected chi connectivity index (χ0v) is 13.0. The van der Waals surface area contributed by atoms with Gasteiger partial charge in [0, 0.05) is 18.1 Å². The lowest BCUT2D eigenvalue weighted by Gasteiger charge is -2.22. The van der Waals surface area contributed by atoms with Gasteiger partial charge in [0.05, 0.1) is 15.6 Å². The van der Waals surface area contributed by atoms with Crippen molar-refractivity contribution < 1.29 is 18.1 Å². The minimum Gasteiger partial charge on any atom is -0.295 e. The van der Waals surface area contributed by atoms with Gasteiger partial charge in [-0.05, 0) is 43.9 Å². The average molecular weight is 323 g/mol. The van der Waals surface area contributed by atoms with Gasteiger partial charge in [-0.25, -0.2) is 8.42 Å². The van der Waals surface area contributed by atoms with Crippen molar-refractivity contribution in [1.29, 1.82) is 0 Å². The number of carbonyl (C=O) groups excluding carboxylic acids is 1. The van der Waals surface area contributed by atoms with Crippen LogP contribution in [0.15, 0.2) is 40.8 Å². The maximum Gasteiger partial charge on any atom is 0.269 e. The third-order valence-corrected chi connectivity index (χ3v) is 5.63. The SMILES string of the molecule is CC(=O)C1=CCCCC1CS(=O)(=O)c1ccc([N+](=O)[O-])cc1. The van der Waals surface area contributed by atoms with Crippen LogP contribution >= 0.6 is 0 Å². The molecule has 7 heteroatoms. The Kier molecular flexibility index (Phi) is 4.75. The van der Waals surface area contributed by atoms with Crippen LogP contribution < -0.4 is 0 Å². The summed E-state index contributed by atoms with van der Waals surface area (Å²) in [6.07, 6.45) is 4.14. The highest BCUT2D eigenvalue weighted by atomic mass is 32.2. The lowest BCUT2D eigenvalue weighted by Crippen LogP contribution is -2.23. The molecule has 0 saturated heterocycles. The van der Waals surface area contributed by atoms with Crippen LogP contribution in [0, 0.1) is 16.0 Å². The molecule has 0 aliphatic heterocycles. The van der Waals surface area contributed by atoms with Crippen molar-refractivity contribution in [3.05, 3.63) is 46.0 Å². The highest BCUT2D eigenvalue weighted by Crippen LogP contribution is 2.29. The number of nitro groups is 1. The number of ketones is 1. The van der Waals surface area contributed by atoms with Crippen LogP contribution in [0.5, 0.6) is 0 Å². The first kappa shape index (κ1) is 16.4. The highest BCUT2D eigenvalue weighted by molar-refractivity contribution is 7.91. The monoisotopic (exact) mass is 323 g/mol. The van der Waals surface area contributed by atoms with Gasteiger partial charge >= 0.3 is 0 Å². The molecule has 6 nitrogen and oxygen atoms in total. The molecule has 0 aromatic heterocycles. The third-order valence-electron chi connectivity index (χ3n) is 3.79. The Balaban J connectivity index is 2.23. The molecule has 118 valence electrons. The van der Waals surface area contributed by atoms with Crippen molar-refractivity contribution in [1.82, 2.24) is 0 Å². The highest BCUT2D eigenvalue weighted by Gasteiger charge is 2.27. The van der Waals surface area contributed by atoms with Gasteiger partial charge in [0.2, 0.25) is 0 Å². The lowest BCUT2D eigenvalue weighted by molar-refractivity contribution is -0.384. The summed E-state index contributed by atoms with van der Waals surface area (Å²) >= 11 is 0. The molecule has 1 aliphatic rings. The van der Waals surface area contributed by atoms with Crippen molar-refractivity contribution in [2.45, 2.75) is 31.1 Å². The van der Waals surface area contributed by atoms with E-state index in [0.29, 0.717) is 12.0 Å². The van der Waals surface area contributed by atoms with Crippen molar-refractivity contribution in [2.75, 3.05) is 5.75 Å². The number of nitrogens with zero attached hydrogens (tertiary/aromatic N) is 1. The van der Waals surface area contributed by atoms with Crippen molar-refractivity contribution in [2.24, 2.45) is 5.92 Å². The molecular formula is C15H17NO5S. The molecule has 0 radical (unpaired) electrons. The maximum absolute atomic E-state index is 12.4. The molecule has 0 bridgehead atoms. The van der Waals surface area contributed by atoms with E-state index in [4.69, 9.17) is 0 Å². The molecule has 1 unspecified atom stereocenters. The van der Waals surface area contributed by atoms with E-state index in [-0.39, 0.29) is 28.0 Å². The van der Waals surface area contributed by atoms with Crippen LogP contribution in [0.3, 0.4) is 0 Å². The molecule has 0 heterocycles. The van der Waals surface area contributed by atoms with Crippen LogP contribution in [0.4, 0.5) is 5.69 Å². The molecule has 1 aliphatic carbocycles. The molecular weight excluding hydrogens is 306 g/mol. The number of hydrogen-bond acceptors (Lipinski definition) is 5. The Morgan fingerprint density at radius 3 is 2.50 bits per heavy atom. The Morgan fingerprint density at radius 1 is 1.32 bits per heavy atom. The molecule has 2 rings (SSSR count). The van der Waals surface area contributed by atoms with E-state index < -0.39 is 14.8 Å². The second kappa shape index (κ2) is 6.39. The topological polar surface area (TPSA) is 94.3 Å². The second-order valence-corrected chi connectivity index (χ2v) is 7.41. The number of hydrogen-bond donors (Lipinski definition) is 0. The first-order valence-electron chi connectivity index (χ1n) is 6.99. The fraction of sp³-hybridized carbons (Fsp3) is 0.400. The average Bonchev–Trinajstić information content (AvgIpc) is 2.47. The summed E-state index contributed by atoms with van der Waals surface area (Å²) in [4.78, 5) is 21.7. The van der Waals surface area contributed by atoms with E-state index in [1.165, 1.54) is 31.2 Å². The van der Waals surface area contributed by atoms with Gasteiger partial charge in [0.1, 0.15) is 0 Å². The number of carbonyl (C=O) groups is 1. The van der Waals surface area contributed by atoms with Crippen molar-refractivity contribution in [3.8, 4) is 0 Å². The Bertz CT molecular complexity index is 719. The number of allylic oxidation sites excluding steroid dienone is 2. The Morgan fingerprint density at radius 2 is 1.95 bits per heavy atom. The second-order valence-electron chi connectivity index (χ2n) is 5.38. The molecule has 1 aromatic rings. The summed E-state index contributed by atoms with van der Waals surface area (Å²) in [5.74, 6) is -0.536. The molecule has 0 amide bonds.